The van der Waals surface area contributed by atoms with Crippen LogP contribution in [-0.4, -0.2) is 98.0 Å². The van der Waals surface area contributed by atoms with Crippen LogP contribution in [0.3, 0.4) is 0 Å². The van der Waals surface area contributed by atoms with E-state index in [0.29, 0.717) is 71.6 Å². The Hall–Kier alpha value is -6.13. The molecule has 4 N–H and O–H groups in total. The van der Waals surface area contributed by atoms with Crippen LogP contribution in [0, 0.1) is 11.7 Å². The Kier molecular flexibility index (Phi) is 10.8. The van der Waals surface area contributed by atoms with Crippen LogP contribution in [0.15, 0.2) is 83.8 Å². The fourth-order valence-electron chi connectivity index (χ4n) is 8.79. The zero-order valence-electron chi connectivity index (χ0n) is 33.7. The Balaban J connectivity index is 0.782. The molecule has 0 spiro atoms. The van der Waals surface area contributed by atoms with Crippen molar-refractivity contribution in [1.29, 1.82) is 0 Å². The first-order valence-corrected chi connectivity index (χ1v) is 20.9. The van der Waals surface area contributed by atoms with Crippen molar-refractivity contribution < 1.29 is 19.1 Å². The number of pyridine rings is 1. The summed E-state index contributed by atoms with van der Waals surface area (Å²) in [6.45, 7) is 8.48. The first-order valence-electron chi connectivity index (χ1n) is 20.9. The Labute approximate surface area is 346 Å². The number of allylic oxidation sites excluding steroid dienone is 2. The third kappa shape index (κ3) is 8.21. The third-order valence-electron chi connectivity index (χ3n) is 12.3. The van der Waals surface area contributed by atoms with E-state index in [2.05, 4.69) is 47.8 Å². The van der Waals surface area contributed by atoms with Gasteiger partial charge in [-0.15, -0.1) is 0 Å². The fourth-order valence-corrected chi connectivity index (χ4v) is 8.79. The number of benzene rings is 2. The van der Waals surface area contributed by atoms with Gasteiger partial charge in [0.05, 0.1) is 17.9 Å². The number of piperazine rings is 1. The topological polar surface area (TPSA) is 166 Å². The molecule has 0 saturated carbocycles. The van der Waals surface area contributed by atoms with Gasteiger partial charge in [-0.1, -0.05) is 18.2 Å². The van der Waals surface area contributed by atoms with Crippen LogP contribution in [0.1, 0.15) is 51.1 Å². The van der Waals surface area contributed by atoms with E-state index in [-0.39, 0.29) is 29.6 Å². The van der Waals surface area contributed by atoms with Crippen molar-refractivity contribution in [3.63, 3.8) is 0 Å². The number of rotatable bonds is 8. The molecule has 1 unspecified atom stereocenters. The van der Waals surface area contributed by atoms with Crippen molar-refractivity contribution in [2.75, 3.05) is 66.2 Å². The molecule has 3 saturated heterocycles. The molecular formula is C44H50FN11O4. The lowest BCUT2D eigenvalue weighted by atomic mass is 9.95. The van der Waals surface area contributed by atoms with Gasteiger partial charge in [-0.2, -0.15) is 4.98 Å². The molecular weight excluding hydrogens is 766 g/mol. The van der Waals surface area contributed by atoms with Crippen molar-refractivity contribution >= 4 is 51.5 Å². The number of aliphatic hydroxyl groups is 1. The molecule has 2 aromatic carbocycles. The molecule has 0 radical (unpaired) electrons. The largest absolute Gasteiger partial charge is 0.384 e. The summed E-state index contributed by atoms with van der Waals surface area (Å²) >= 11 is 0. The second-order valence-electron chi connectivity index (χ2n) is 16.5. The molecule has 16 heteroatoms. The Bertz CT molecular complexity index is 2480. The van der Waals surface area contributed by atoms with Crippen LogP contribution in [0.5, 0.6) is 0 Å². The zero-order valence-corrected chi connectivity index (χ0v) is 33.7. The number of imide groups is 1. The van der Waals surface area contributed by atoms with Crippen molar-refractivity contribution in [1.82, 2.24) is 34.5 Å². The van der Waals surface area contributed by atoms with Crippen LogP contribution in [0.4, 0.5) is 33.1 Å². The molecule has 0 aliphatic carbocycles. The third-order valence-corrected chi connectivity index (χ3v) is 12.3. The van der Waals surface area contributed by atoms with Gasteiger partial charge in [0, 0.05) is 75.5 Å². The monoisotopic (exact) mass is 815 g/mol. The number of nitrogens with zero attached hydrogens (tertiary/aromatic N) is 8. The second kappa shape index (κ2) is 16.5. The molecule has 7 heterocycles. The molecule has 5 aromatic rings. The SMILES string of the molecule is C[C@]1(O)CC/C=C\Cn2c(=O)c3cnc(Nc4ccc(N5CCN(CC6CCN(c7ccc(NC8CCC(=O)NC8=O)cc7F)CC6)CC5)cc4)nc3n2-c2cccc1n2. The minimum Gasteiger partial charge on any atom is -0.384 e. The molecule has 9 rings (SSSR count). The van der Waals surface area contributed by atoms with E-state index in [4.69, 9.17) is 9.97 Å². The van der Waals surface area contributed by atoms with Gasteiger partial charge in [-0.25, -0.2) is 23.7 Å². The predicted molar refractivity (Wildman–Crippen MR) is 228 cm³/mol. The summed E-state index contributed by atoms with van der Waals surface area (Å²) in [4.78, 5) is 58.3. The molecule has 4 aliphatic heterocycles. The Morgan fingerprint density at radius 2 is 1.68 bits per heavy atom. The van der Waals surface area contributed by atoms with Crippen LogP contribution in [0.2, 0.25) is 0 Å². The quantitative estimate of drug-likeness (QED) is 0.127. The van der Waals surface area contributed by atoms with E-state index >= 15 is 4.39 Å². The van der Waals surface area contributed by atoms with Gasteiger partial charge in [-0.05, 0) is 99.5 Å². The number of hydrogen-bond acceptors (Lipinski definition) is 12. The van der Waals surface area contributed by atoms with Crippen LogP contribution >= 0.6 is 0 Å². The Morgan fingerprint density at radius 3 is 2.45 bits per heavy atom. The first-order chi connectivity index (χ1) is 29.1. The zero-order chi connectivity index (χ0) is 41.4. The second-order valence-corrected chi connectivity index (χ2v) is 16.5. The fraction of sp³-hybridized carbons (Fsp3) is 0.409. The number of carbonyl (C=O) groups excluding carboxylic acids is 2. The van der Waals surface area contributed by atoms with Crippen LogP contribution in [0.25, 0.3) is 16.9 Å². The lowest BCUT2D eigenvalue weighted by Crippen LogP contribution is -2.49. The van der Waals surface area contributed by atoms with Crippen molar-refractivity contribution in [2.24, 2.45) is 5.92 Å². The predicted octanol–water partition coefficient (Wildman–Crippen LogP) is 4.67. The highest BCUT2D eigenvalue weighted by molar-refractivity contribution is 6.01. The summed E-state index contributed by atoms with van der Waals surface area (Å²) in [5.41, 5.74) is 2.70. The number of halogens is 1. The molecule has 4 aliphatic rings. The van der Waals surface area contributed by atoms with E-state index in [1.54, 1.807) is 40.7 Å². The summed E-state index contributed by atoms with van der Waals surface area (Å²) in [5.74, 6) is 0.430. The van der Waals surface area contributed by atoms with E-state index in [1.807, 2.05) is 36.4 Å². The number of anilines is 5. The number of nitrogens with one attached hydrogen (secondary N) is 3. The Morgan fingerprint density at radius 1 is 0.900 bits per heavy atom. The van der Waals surface area contributed by atoms with Gasteiger partial charge in [0.15, 0.2) is 11.5 Å². The van der Waals surface area contributed by atoms with Gasteiger partial charge in [0.25, 0.3) is 5.56 Å². The summed E-state index contributed by atoms with van der Waals surface area (Å²) in [7, 11) is 0. The van der Waals surface area contributed by atoms with Gasteiger partial charge >= 0.3 is 0 Å². The number of amides is 2. The number of hydrogen-bond donors (Lipinski definition) is 4. The van der Waals surface area contributed by atoms with Gasteiger partial charge in [0.2, 0.25) is 17.8 Å². The standard InChI is InChI=1S/C44H50FN11O4/c1-44(60)18-3-2-4-19-55-42(59)33-27-46-43(51-40(33)56(55)38-7-5-6-37(44)49-38)48-30-8-11-32(12-9-30)53-24-22-52(23-25-53)28-29-16-20-54(21-17-29)36-14-10-31(26-34(36)45)47-35-13-15-39(57)50-41(35)58/h2,4-12,14,26-27,29,35,47,60H,3,13,15-25,28H2,1H3,(H,46,48,51)(H,50,57,58)/b4-2-/t35?,44-/m0/s1. The highest BCUT2D eigenvalue weighted by Crippen LogP contribution is 2.30. The van der Waals surface area contributed by atoms with E-state index in [1.165, 1.54) is 6.07 Å². The van der Waals surface area contributed by atoms with E-state index in [9.17, 15) is 19.5 Å². The van der Waals surface area contributed by atoms with E-state index < -0.39 is 11.6 Å². The molecule has 3 fully saturated rings. The maximum absolute atomic E-state index is 15.2. The number of aromatic nitrogens is 5. The first kappa shape index (κ1) is 39.3. The summed E-state index contributed by atoms with van der Waals surface area (Å²) in [6, 6.07) is 18.2. The highest BCUT2D eigenvalue weighted by Gasteiger charge is 2.29. The molecule has 15 nitrogen and oxygen atoms in total. The summed E-state index contributed by atoms with van der Waals surface area (Å²) < 4.78 is 18.5. The molecule has 2 atom stereocenters. The number of carbonyl (C=O) groups is 2. The minimum atomic E-state index is -1.12. The van der Waals surface area contributed by atoms with Crippen LogP contribution < -0.4 is 31.3 Å². The smallest absolute Gasteiger partial charge is 0.278 e. The van der Waals surface area contributed by atoms with Gasteiger partial charge < -0.3 is 25.5 Å². The number of piperidine rings is 2. The maximum atomic E-state index is 15.2. The molecule has 2 bridgehead atoms. The average molecular weight is 816 g/mol. The average Bonchev–Trinajstić information content (AvgIpc) is 3.52. The van der Waals surface area contributed by atoms with Crippen molar-refractivity contribution in [2.45, 2.75) is 63.6 Å². The molecule has 2 amide bonds. The lowest BCUT2D eigenvalue weighted by Gasteiger charge is -2.40. The molecule has 60 heavy (non-hydrogen) atoms. The lowest BCUT2D eigenvalue weighted by molar-refractivity contribution is -0.133. The van der Waals surface area contributed by atoms with Gasteiger partial charge in [0.1, 0.15) is 22.8 Å². The van der Waals surface area contributed by atoms with Crippen molar-refractivity contribution in [3.8, 4) is 5.82 Å². The summed E-state index contributed by atoms with van der Waals surface area (Å²) in [6.07, 6.45) is 9.27. The number of fused-ring (bicyclic) bond motifs is 6. The minimum absolute atomic E-state index is 0.215. The normalized spacial score (nSPS) is 22.2. The maximum Gasteiger partial charge on any atom is 0.278 e. The highest BCUT2D eigenvalue weighted by atomic mass is 19.1. The van der Waals surface area contributed by atoms with Gasteiger partial charge in [-0.3, -0.25) is 24.6 Å². The summed E-state index contributed by atoms with van der Waals surface area (Å²) in [5, 5.41) is 20.2. The molecule has 312 valence electrons. The van der Waals surface area contributed by atoms with Crippen LogP contribution in [-0.2, 0) is 21.7 Å². The van der Waals surface area contributed by atoms with Crippen molar-refractivity contribution in [3.05, 3.63) is 101 Å². The van der Waals surface area contributed by atoms with E-state index in [0.717, 1.165) is 70.0 Å². The molecule has 3 aromatic heterocycles.